The Bertz CT molecular complexity index is 1120. The highest BCUT2D eigenvalue weighted by Gasteiger charge is 2.29. The van der Waals surface area contributed by atoms with Crippen LogP contribution in [0.1, 0.15) is 20.7 Å². The second-order valence-electron chi connectivity index (χ2n) is 5.87. The van der Waals surface area contributed by atoms with Gasteiger partial charge >= 0.3 is 5.97 Å². The summed E-state index contributed by atoms with van der Waals surface area (Å²) in [6.07, 6.45) is 0. The van der Waals surface area contributed by atoms with Crippen LogP contribution in [0.4, 0.5) is 5.69 Å². The van der Waals surface area contributed by atoms with E-state index in [-0.39, 0.29) is 15.1 Å². The standard InChI is InChI=1S/C20H11Cl4NO4S/c21-15-13(14(20(27)28)16(22)18(24)17(15)23)19(26)25-10-6-8-12(9-7-10)30(29)11-4-2-1-3-5-11/h1-9H,(H,25,26)(H,27,28). The molecule has 3 aromatic carbocycles. The van der Waals surface area contributed by atoms with Crippen molar-refractivity contribution in [3.8, 4) is 0 Å². The molecule has 5 nitrogen and oxygen atoms in total. The van der Waals surface area contributed by atoms with Crippen LogP contribution < -0.4 is 5.32 Å². The lowest BCUT2D eigenvalue weighted by atomic mass is 10.1. The highest BCUT2D eigenvalue weighted by molar-refractivity contribution is 7.91. The number of aromatic carboxylic acids is 1. The summed E-state index contributed by atoms with van der Waals surface area (Å²) in [6, 6.07) is 15.1. The Morgan fingerprint density at radius 3 is 1.80 bits per heavy atom. The molecule has 10 heteroatoms. The predicted molar refractivity (Wildman–Crippen MR) is 119 cm³/mol. The molecule has 0 aliphatic rings. The SMILES string of the molecule is O=C(O)c1c(Cl)c(Cl)c(Cl)c(Cl)c1C(=O)Nc1ccc([S+]([O-])c2ccccc2)cc1. The number of carbonyl (C=O) groups excluding carboxylic acids is 1. The molecule has 3 rings (SSSR count). The van der Waals surface area contributed by atoms with Gasteiger partial charge in [-0.3, -0.25) is 4.79 Å². The zero-order valence-corrected chi connectivity index (χ0v) is 18.6. The third kappa shape index (κ3) is 4.54. The van der Waals surface area contributed by atoms with Crippen molar-refractivity contribution in [2.45, 2.75) is 9.79 Å². The molecule has 0 fully saturated rings. The number of carbonyl (C=O) groups is 2. The van der Waals surface area contributed by atoms with Gasteiger partial charge in [-0.05, 0) is 36.4 Å². The molecule has 0 aliphatic heterocycles. The lowest BCUT2D eigenvalue weighted by molar-refractivity contribution is 0.0692. The maximum atomic E-state index is 12.7. The summed E-state index contributed by atoms with van der Waals surface area (Å²) in [6.45, 7) is 0. The van der Waals surface area contributed by atoms with E-state index in [0.29, 0.717) is 15.5 Å². The number of amides is 1. The monoisotopic (exact) mass is 501 g/mol. The van der Waals surface area contributed by atoms with Gasteiger partial charge in [-0.2, -0.15) is 0 Å². The first-order valence-electron chi connectivity index (χ1n) is 8.19. The molecule has 0 aliphatic carbocycles. The molecule has 2 N–H and O–H groups in total. The Kier molecular flexibility index (Phi) is 7.18. The number of rotatable bonds is 5. The fraction of sp³-hybridized carbons (Fsp3) is 0. The largest absolute Gasteiger partial charge is 0.606 e. The quantitative estimate of drug-likeness (QED) is 0.239. The molecule has 154 valence electrons. The van der Waals surface area contributed by atoms with Crippen LogP contribution in [0.25, 0.3) is 0 Å². The van der Waals surface area contributed by atoms with E-state index < -0.39 is 39.2 Å². The van der Waals surface area contributed by atoms with Crippen LogP contribution in [-0.4, -0.2) is 21.5 Å². The zero-order valence-electron chi connectivity index (χ0n) is 14.8. The van der Waals surface area contributed by atoms with Crippen LogP contribution in [0.3, 0.4) is 0 Å². The van der Waals surface area contributed by atoms with E-state index in [0.717, 1.165) is 0 Å². The number of nitrogens with one attached hydrogen (secondary N) is 1. The lowest BCUT2D eigenvalue weighted by Gasteiger charge is -2.14. The first-order valence-corrected chi connectivity index (χ1v) is 10.9. The van der Waals surface area contributed by atoms with Crippen molar-refractivity contribution in [1.29, 1.82) is 0 Å². The minimum absolute atomic E-state index is 0.230. The number of benzene rings is 3. The molecule has 0 bridgehead atoms. The van der Waals surface area contributed by atoms with E-state index in [1.165, 1.54) is 12.1 Å². The average molecular weight is 503 g/mol. The summed E-state index contributed by atoms with van der Waals surface area (Å²) in [7, 11) is 0. The molecule has 0 saturated carbocycles. The number of hydrogen-bond donors (Lipinski definition) is 2. The highest BCUT2D eigenvalue weighted by Crippen LogP contribution is 2.41. The van der Waals surface area contributed by atoms with E-state index in [1.807, 2.05) is 6.07 Å². The van der Waals surface area contributed by atoms with Gasteiger partial charge < -0.3 is 15.0 Å². The van der Waals surface area contributed by atoms with Crippen LogP contribution in [0.5, 0.6) is 0 Å². The Morgan fingerprint density at radius 2 is 1.27 bits per heavy atom. The fourth-order valence-electron chi connectivity index (χ4n) is 2.58. The Labute approximate surface area is 194 Å². The Morgan fingerprint density at radius 1 is 0.767 bits per heavy atom. The smallest absolute Gasteiger partial charge is 0.338 e. The van der Waals surface area contributed by atoms with Crippen LogP contribution >= 0.6 is 46.4 Å². The van der Waals surface area contributed by atoms with Gasteiger partial charge in [0.15, 0.2) is 9.79 Å². The molecule has 1 unspecified atom stereocenters. The van der Waals surface area contributed by atoms with Crippen molar-refractivity contribution in [3.63, 3.8) is 0 Å². The molecule has 3 aromatic rings. The van der Waals surface area contributed by atoms with Gasteiger partial charge in [-0.25, -0.2) is 4.79 Å². The van der Waals surface area contributed by atoms with E-state index in [1.54, 1.807) is 36.4 Å². The van der Waals surface area contributed by atoms with E-state index >= 15 is 0 Å². The van der Waals surface area contributed by atoms with E-state index in [9.17, 15) is 19.2 Å². The summed E-state index contributed by atoms with van der Waals surface area (Å²) >= 11 is 22.5. The highest BCUT2D eigenvalue weighted by atomic mass is 35.5. The minimum atomic E-state index is -1.49. The molecule has 1 amide bonds. The van der Waals surface area contributed by atoms with Crippen molar-refractivity contribution < 1.29 is 19.2 Å². The fourth-order valence-corrected chi connectivity index (χ4v) is 4.66. The molecular formula is C20H11Cl4NO4S. The predicted octanol–water partition coefficient (Wildman–Crippen LogP) is 6.42. The van der Waals surface area contributed by atoms with Gasteiger partial charge in [-0.1, -0.05) is 64.6 Å². The van der Waals surface area contributed by atoms with Gasteiger partial charge in [-0.15, -0.1) is 0 Å². The van der Waals surface area contributed by atoms with Crippen molar-refractivity contribution in [2.75, 3.05) is 5.32 Å². The van der Waals surface area contributed by atoms with Crippen LogP contribution in [-0.2, 0) is 11.2 Å². The Hall–Kier alpha value is -1.93. The van der Waals surface area contributed by atoms with Gasteiger partial charge in [0.1, 0.15) is 0 Å². The maximum absolute atomic E-state index is 12.7. The molecule has 0 aromatic heterocycles. The summed E-state index contributed by atoms with van der Waals surface area (Å²) in [5, 5.41) is 10.8. The van der Waals surface area contributed by atoms with Gasteiger partial charge in [0, 0.05) is 16.9 Å². The van der Waals surface area contributed by atoms with E-state index in [4.69, 9.17) is 46.4 Å². The van der Waals surface area contributed by atoms with Crippen LogP contribution in [0.15, 0.2) is 64.4 Å². The molecule has 0 spiro atoms. The average Bonchev–Trinajstić information content (AvgIpc) is 2.74. The van der Waals surface area contributed by atoms with Gasteiger partial charge in [0.2, 0.25) is 0 Å². The van der Waals surface area contributed by atoms with Crippen LogP contribution in [0.2, 0.25) is 20.1 Å². The molecular weight excluding hydrogens is 492 g/mol. The molecule has 0 radical (unpaired) electrons. The topological polar surface area (TPSA) is 89.5 Å². The number of carboxylic acids is 1. The minimum Gasteiger partial charge on any atom is -0.606 e. The first-order chi connectivity index (χ1) is 14.2. The third-order valence-corrected chi connectivity index (χ3v) is 7.19. The Balaban J connectivity index is 1.89. The summed E-state index contributed by atoms with van der Waals surface area (Å²) in [4.78, 5) is 25.5. The summed E-state index contributed by atoms with van der Waals surface area (Å²) in [5.74, 6) is -2.32. The van der Waals surface area contributed by atoms with Crippen molar-refractivity contribution in [1.82, 2.24) is 0 Å². The van der Waals surface area contributed by atoms with Crippen molar-refractivity contribution in [3.05, 3.63) is 85.8 Å². The second-order valence-corrected chi connectivity index (χ2v) is 8.86. The number of anilines is 1. The number of hydrogen-bond acceptors (Lipinski definition) is 3. The third-order valence-electron chi connectivity index (χ3n) is 3.99. The maximum Gasteiger partial charge on any atom is 0.338 e. The lowest BCUT2D eigenvalue weighted by Crippen LogP contribution is -2.18. The van der Waals surface area contributed by atoms with Crippen LogP contribution in [0, 0.1) is 0 Å². The normalized spacial score (nSPS) is 11.8. The number of halogens is 4. The molecule has 0 heterocycles. The van der Waals surface area contributed by atoms with Gasteiger partial charge in [0.25, 0.3) is 5.91 Å². The second kappa shape index (κ2) is 9.47. The summed E-state index contributed by atoms with van der Waals surface area (Å²) in [5.41, 5.74) is -0.653. The zero-order chi connectivity index (χ0) is 22.0. The molecule has 0 saturated heterocycles. The van der Waals surface area contributed by atoms with E-state index in [2.05, 4.69) is 5.32 Å². The van der Waals surface area contributed by atoms with Gasteiger partial charge in [0.05, 0.1) is 31.2 Å². The van der Waals surface area contributed by atoms with Crippen molar-refractivity contribution >= 4 is 75.1 Å². The number of carboxylic acid groups (broad SMARTS) is 1. The van der Waals surface area contributed by atoms with Crippen molar-refractivity contribution in [2.24, 2.45) is 0 Å². The molecule has 1 atom stereocenters. The molecule has 30 heavy (non-hydrogen) atoms. The first kappa shape index (κ1) is 22.7. The summed E-state index contributed by atoms with van der Waals surface area (Å²) < 4.78 is 12.6.